The van der Waals surface area contributed by atoms with E-state index >= 15 is 0 Å². The molecule has 0 radical (unpaired) electrons. The highest BCUT2D eigenvalue weighted by molar-refractivity contribution is 5.93. The van der Waals surface area contributed by atoms with Gasteiger partial charge in [0, 0.05) is 29.9 Å². The molecular formula is C22H30N6O7. The number of para-hydroxylation sites is 1. The van der Waals surface area contributed by atoms with Crippen molar-refractivity contribution in [2.24, 2.45) is 11.5 Å². The number of fused-ring (bicyclic) bond motifs is 1. The number of carboxylic acids is 1. The predicted molar refractivity (Wildman–Crippen MR) is 125 cm³/mol. The zero-order valence-corrected chi connectivity index (χ0v) is 19.1. The third kappa shape index (κ3) is 8.08. The average Bonchev–Trinajstić information content (AvgIpc) is 3.21. The number of primary amides is 1. The molecule has 13 nitrogen and oxygen atoms in total. The summed E-state index contributed by atoms with van der Waals surface area (Å²) in [6.45, 7) is 0.690. The Hall–Kier alpha value is -3.97. The van der Waals surface area contributed by atoms with E-state index in [9.17, 15) is 34.2 Å². The second-order valence-electron chi connectivity index (χ2n) is 8.08. The minimum Gasteiger partial charge on any atom is -0.480 e. The number of hydrogen-bond donors (Lipinski definition) is 8. The quantitative estimate of drug-likeness (QED) is 0.154. The van der Waals surface area contributed by atoms with Crippen molar-refractivity contribution in [3.8, 4) is 0 Å². The van der Waals surface area contributed by atoms with Crippen molar-refractivity contribution in [1.82, 2.24) is 20.9 Å². The van der Waals surface area contributed by atoms with Crippen LogP contribution >= 0.6 is 0 Å². The Bertz CT molecular complexity index is 1080. The normalized spacial score (nSPS) is 14.4. The summed E-state index contributed by atoms with van der Waals surface area (Å²) < 4.78 is 0. The van der Waals surface area contributed by atoms with Crippen LogP contribution < -0.4 is 27.4 Å². The zero-order valence-electron chi connectivity index (χ0n) is 19.1. The molecule has 0 saturated carbocycles. The molecule has 1 heterocycles. The minimum absolute atomic E-state index is 0.00546. The number of aliphatic hydroxyl groups excluding tert-OH is 1. The van der Waals surface area contributed by atoms with E-state index in [4.69, 9.17) is 11.5 Å². The van der Waals surface area contributed by atoms with E-state index in [1.165, 1.54) is 6.92 Å². The minimum atomic E-state index is -1.48. The molecule has 0 aliphatic rings. The molecule has 4 atom stereocenters. The highest BCUT2D eigenvalue weighted by Crippen LogP contribution is 2.19. The van der Waals surface area contributed by atoms with Gasteiger partial charge in [-0.1, -0.05) is 18.2 Å². The van der Waals surface area contributed by atoms with Gasteiger partial charge in [0.1, 0.15) is 12.1 Å². The van der Waals surface area contributed by atoms with Gasteiger partial charge in [-0.25, -0.2) is 4.79 Å². The maximum Gasteiger partial charge on any atom is 0.326 e. The van der Waals surface area contributed by atoms with Crippen LogP contribution in [-0.2, 0) is 30.4 Å². The van der Waals surface area contributed by atoms with Gasteiger partial charge >= 0.3 is 5.97 Å². The molecule has 190 valence electrons. The molecule has 2 aromatic rings. The molecule has 35 heavy (non-hydrogen) atoms. The van der Waals surface area contributed by atoms with Crippen LogP contribution in [0.2, 0.25) is 0 Å². The first kappa shape index (κ1) is 27.3. The van der Waals surface area contributed by atoms with Gasteiger partial charge in [0.05, 0.1) is 18.7 Å². The summed E-state index contributed by atoms with van der Waals surface area (Å²) >= 11 is 0. The summed E-state index contributed by atoms with van der Waals surface area (Å²) in [5.74, 6) is -4.35. The van der Waals surface area contributed by atoms with E-state index in [-0.39, 0.29) is 19.3 Å². The molecule has 0 spiro atoms. The Morgan fingerprint density at radius 2 is 1.77 bits per heavy atom. The summed E-state index contributed by atoms with van der Waals surface area (Å²) in [5, 5.41) is 27.3. The van der Waals surface area contributed by atoms with Crippen molar-refractivity contribution in [2.45, 2.75) is 50.4 Å². The van der Waals surface area contributed by atoms with Crippen LogP contribution in [0.3, 0.4) is 0 Å². The van der Waals surface area contributed by atoms with Crippen LogP contribution in [0, 0.1) is 0 Å². The fraction of sp³-hybridized carbons (Fsp3) is 0.409. The lowest BCUT2D eigenvalue weighted by Crippen LogP contribution is -2.57. The summed E-state index contributed by atoms with van der Waals surface area (Å²) in [6.07, 6.45) is 0.139. The summed E-state index contributed by atoms with van der Waals surface area (Å²) in [5.41, 5.74) is 12.1. The Morgan fingerprint density at radius 1 is 1.09 bits per heavy atom. The van der Waals surface area contributed by atoms with Crippen molar-refractivity contribution in [1.29, 1.82) is 0 Å². The van der Waals surface area contributed by atoms with Crippen molar-refractivity contribution in [3.05, 3.63) is 36.0 Å². The molecule has 10 N–H and O–H groups in total. The van der Waals surface area contributed by atoms with E-state index in [0.29, 0.717) is 5.56 Å². The molecule has 13 heteroatoms. The second-order valence-corrected chi connectivity index (χ2v) is 8.08. The number of nitrogens with two attached hydrogens (primary N) is 2. The number of H-pyrrole nitrogens is 1. The Morgan fingerprint density at radius 3 is 2.40 bits per heavy atom. The van der Waals surface area contributed by atoms with Crippen LogP contribution in [-0.4, -0.2) is 75.6 Å². The van der Waals surface area contributed by atoms with Crippen LogP contribution in [0.15, 0.2) is 30.5 Å². The van der Waals surface area contributed by atoms with Crippen molar-refractivity contribution < 1.29 is 34.2 Å². The largest absolute Gasteiger partial charge is 0.480 e. The molecule has 0 saturated heterocycles. The van der Waals surface area contributed by atoms with Crippen LogP contribution in [0.4, 0.5) is 0 Å². The first-order valence-corrected chi connectivity index (χ1v) is 10.9. The summed E-state index contributed by atoms with van der Waals surface area (Å²) in [7, 11) is 0. The van der Waals surface area contributed by atoms with Crippen molar-refractivity contribution >= 4 is 40.5 Å². The van der Waals surface area contributed by atoms with Gasteiger partial charge < -0.3 is 42.6 Å². The standard InChI is InChI=1S/C22H30N6O7/c1-11(29)19(28-18(31)10-26-20(32)14(23)6-7-17(24)30)21(33)27-16(22(34)35)8-12-9-25-15-5-3-2-4-13(12)15/h2-5,9,11,14,16,19,25,29H,6-8,10,23H2,1H3,(H2,24,30)(H,26,32)(H,27,33)(H,28,31)(H,34,35). The Labute approximate surface area is 200 Å². The maximum absolute atomic E-state index is 12.7. The fourth-order valence-corrected chi connectivity index (χ4v) is 3.34. The summed E-state index contributed by atoms with van der Waals surface area (Å²) in [4.78, 5) is 62.4. The third-order valence-electron chi connectivity index (χ3n) is 5.26. The number of amides is 4. The smallest absolute Gasteiger partial charge is 0.326 e. The van der Waals surface area contributed by atoms with E-state index in [1.807, 2.05) is 18.2 Å². The molecule has 1 aromatic heterocycles. The molecule has 2 rings (SSSR count). The molecule has 0 fully saturated rings. The number of benzene rings is 1. The van der Waals surface area contributed by atoms with Gasteiger partial charge in [-0.15, -0.1) is 0 Å². The predicted octanol–water partition coefficient (Wildman–Crippen LogP) is -2.15. The number of aliphatic carboxylic acids is 1. The van der Waals surface area contributed by atoms with Crippen LogP contribution in [0.5, 0.6) is 0 Å². The second kappa shape index (κ2) is 12.5. The molecule has 1 aromatic carbocycles. The topological polar surface area (TPSA) is 230 Å². The fourth-order valence-electron chi connectivity index (χ4n) is 3.34. The third-order valence-corrected chi connectivity index (χ3v) is 5.26. The number of carboxylic acid groups (broad SMARTS) is 1. The SMILES string of the molecule is CC(O)C(NC(=O)CNC(=O)C(N)CCC(N)=O)C(=O)NC(Cc1c[nH]c2ccccc12)C(=O)O. The molecule has 4 unspecified atom stereocenters. The molecule has 0 aliphatic carbocycles. The number of aromatic nitrogens is 1. The highest BCUT2D eigenvalue weighted by Gasteiger charge is 2.30. The monoisotopic (exact) mass is 490 g/mol. The Kier molecular flexibility index (Phi) is 9.73. The van der Waals surface area contributed by atoms with E-state index in [0.717, 1.165) is 10.9 Å². The number of rotatable bonds is 13. The van der Waals surface area contributed by atoms with Crippen molar-refractivity contribution in [2.75, 3.05) is 6.54 Å². The first-order chi connectivity index (χ1) is 16.5. The zero-order chi connectivity index (χ0) is 26.1. The number of hydrogen-bond acceptors (Lipinski definition) is 7. The van der Waals surface area contributed by atoms with Crippen LogP contribution in [0.25, 0.3) is 10.9 Å². The number of carbonyl (C=O) groups excluding carboxylic acids is 4. The molecule has 0 aliphatic heterocycles. The van der Waals surface area contributed by atoms with Gasteiger partial charge in [-0.05, 0) is 25.0 Å². The maximum atomic E-state index is 12.7. The van der Waals surface area contributed by atoms with Gasteiger partial charge in [-0.2, -0.15) is 0 Å². The highest BCUT2D eigenvalue weighted by atomic mass is 16.4. The molecular weight excluding hydrogens is 460 g/mol. The van der Waals surface area contributed by atoms with Gasteiger partial charge in [0.15, 0.2) is 0 Å². The van der Waals surface area contributed by atoms with Gasteiger partial charge in [0.25, 0.3) is 0 Å². The van der Waals surface area contributed by atoms with Crippen molar-refractivity contribution in [3.63, 3.8) is 0 Å². The number of carbonyl (C=O) groups is 5. The molecule has 0 bridgehead atoms. The Balaban J connectivity index is 1.97. The lowest BCUT2D eigenvalue weighted by atomic mass is 10.0. The average molecular weight is 491 g/mol. The lowest BCUT2D eigenvalue weighted by Gasteiger charge is -2.23. The summed E-state index contributed by atoms with van der Waals surface area (Å²) in [6, 6.07) is 3.40. The number of aromatic amines is 1. The lowest BCUT2D eigenvalue weighted by molar-refractivity contribution is -0.142. The van der Waals surface area contributed by atoms with Gasteiger partial charge in [-0.3, -0.25) is 19.2 Å². The van der Waals surface area contributed by atoms with E-state index in [2.05, 4.69) is 20.9 Å². The number of aliphatic hydroxyl groups is 1. The van der Waals surface area contributed by atoms with E-state index in [1.54, 1.807) is 12.3 Å². The number of nitrogens with one attached hydrogen (secondary N) is 4. The van der Waals surface area contributed by atoms with E-state index < -0.39 is 60.4 Å². The molecule has 4 amide bonds. The van der Waals surface area contributed by atoms with Crippen LogP contribution in [0.1, 0.15) is 25.3 Å². The first-order valence-electron chi connectivity index (χ1n) is 10.9. The van der Waals surface area contributed by atoms with Gasteiger partial charge in [0.2, 0.25) is 23.6 Å².